The van der Waals surface area contributed by atoms with Gasteiger partial charge in [0.1, 0.15) is 17.7 Å². The van der Waals surface area contributed by atoms with Crippen LogP contribution in [-0.2, 0) is 29.4 Å². The summed E-state index contributed by atoms with van der Waals surface area (Å²) in [7, 11) is 0. The summed E-state index contributed by atoms with van der Waals surface area (Å²) in [5, 5.41) is 10.1. The fourth-order valence-electron chi connectivity index (χ4n) is 14.3. The zero-order valence-electron chi connectivity index (χ0n) is 34.9. The largest absolute Gasteiger partial charge is 0.481 e. The predicted octanol–water partition coefficient (Wildman–Crippen LogP) is 9.33. The summed E-state index contributed by atoms with van der Waals surface area (Å²) in [6.45, 7) is 20.0. The number of rotatable bonds is 8. The Labute approximate surface area is 337 Å². The minimum Gasteiger partial charge on any atom is -0.481 e. The third kappa shape index (κ3) is 5.44. The maximum Gasteiger partial charge on any atom is 0.411 e. The standard InChI is InChI=1S/C45H62ClN3O7/c1-25(2)34-28(50)20-44(32-24-49(38(54)56-32)45(18-19-45)36-47-22-26(46)23-48-36)17-16-42(8)27(35(34)44)10-11-30-41(7)14-13-31(55-33(51)21-39(3,4)37(52)53)40(5,6)29(41)12-15-43(30,42)9/h22-23,25,27,29-32H,10-21,24H2,1-9H3,(H,52,53)/t27-,29+,30-,31+,32+,41+,42-,43-,44+/m1/s1. The first-order valence-corrected chi connectivity index (χ1v) is 21.6. The Morgan fingerprint density at radius 1 is 0.946 bits per heavy atom. The average Bonchev–Trinajstić information content (AvgIpc) is 3.71. The van der Waals surface area contributed by atoms with Gasteiger partial charge in [-0.3, -0.25) is 19.3 Å². The molecule has 7 aliphatic rings. The molecule has 6 aliphatic carbocycles. The molecule has 2 heterocycles. The minimum atomic E-state index is -1.18. The van der Waals surface area contributed by atoms with Gasteiger partial charge in [0.2, 0.25) is 0 Å². The molecule has 1 aromatic heterocycles. The highest BCUT2D eigenvalue weighted by atomic mass is 35.5. The maximum absolute atomic E-state index is 14.3. The van der Waals surface area contributed by atoms with Crippen LogP contribution in [0.4, 0.5) is 4.79 Å². The quantitative estimate of drug-likeness (QED) is 0.256. The topological polar surface area (TPSA) is 136 Å². The second-order valence-corrected chi connectivity index (χ2v) is 21.7. The van der Waals surface area contributed by atoms with Gasteiger partial charge in [0.25, 0.3) is 0 Å². The van der Waals surface area contributed by atoms with E-state index in [0.29, 0.717) is 35.6 Å². The Morgan fingerprint density at radius 3 is 2.25 bits per heavy atom. The number of cyclic esters (lactones) is 1. The van der Waals surface area contributed by atoms with Gasteiger partial charge in [-0.05, 0) is 129 Å². The molecule has 1 aromatic rings. The molecule has 306 valence electrons. The molecule has 0 aromatic carbocycles. The van der Waals surface area contributed by atoms with Crippen LogP contribution in [0.1, 0.15) is 145 Å². The third-order valence-corrected chi connectivity index (χ3v) is 17.8. The van der Waals surface area contributed by atoms with E-state index in [1.807, 2.05) is 4.90 Å². The molecular weight excluding hydrogens is 730 g/mol. The van der Waals surface area contributed by atoms with Crippen molar-refractivity contribution in [1.29, 1.82) is 0 Å². The third-order valence-electron chi connectivity index (χ3n) is 17.6. The molecule has 56 heavy (non-hydrogen) atoms. The number of aromatic nitrogens is 2. The van der Waals surface area contributed by atoms with Gasteiger partial charge in [-0.1, -0.05) is 60.1 Å². The van der Waals surface area contributed by atoms with Gasteiger partial charge in [-0.25, -0.2) is 14.8 Å². The summed E-state index contributed by atoms with van der Waals surface area (Å²) in [5.41, 5.74) is -0.290. The van der Waals surface area contributed by atoms with Crippen molar-refractivity contribution in [2.45, 2.75) is 157 Å². The van der Waals surface area contributed by atoms with Gasteiger partial charge >= 0.3 is 18.0 Å². The van der Waals surface area contributed by atoms with Crippen molar-refractivity contribution in [2.75, 3.05) is 6.54 Å². The number of Topliss-reactive ketones (excluding diaryl/α,β-unsaturated/α-hetero) is 1. The van der Waals surface area contributed by atoms with E-state index < -0.39 is 34.4 Å². The van der Waals surface area contributed by atoms with Gasteiger partial charge in [0.15, 0.2) is 11.6 Å². The van der Waals surface area contributed by atoms with Crippen molar-refractivity contribution < 1.29 is 33.8 Å². The van der Waals surface area contributed by atoms with E-state index in [2.05, 4.69) is 58.4 Å². The van der Waals surface area contributed by atoms with Crippen LogP contribution >= 0.6 is 11.6 Å². The first-order valence-electron chi connectivity index (χ1n) is 21.2. The zero-order valence-corrected chi connectivity index (χ0v) is 35.7. The molecule has 11 heteroatoms. The lowest BCUT2D eigenvalue weighted by molar-refractivity contribution is -0.234. The second kappa shape index (κ2) is 12.7. The number of hydrogen-bond donors (Lipinski definition) is 1. The lowest BCUT2D eigenvalue weighted by Crippen LogP contribution is -2.66. The molecule has 8 rings (SSSR count). The van der Waals surface area contributed by atoms with E-state index in [1.165, 1.54) is 5.57 Å². The summed E-state index contributed by atoms with van der Waals surface area (Å²) in [5.74, 6) is 0.483. The number of carbonyl (C=O) groups is 4. The molecule has 6 fully saturated rings. The van der Waals surface area contributed by atoms with E-state index in [0.717, 1.165) is 69.8 Å². The number of nitrogens with zero attached hydrogens (tertiary/aromatic N) is 3. The average molecular weight is 792 g/mol. The molecule has 0 radical (unpaired) electrons. The normalized spacial score (nSPS) is 39.7. The fourth-order valence-corrected chi connectivity index (χ4v) is 14.4. The van der Waals surface area contributed by atoms with Gasteiger partial charge in [0, 0.05) is 29.6 Å². The molecule has 5 saturated carbocycles. The summed E-state index contributed by atoms with van der Waals surface area (Å²) in [6, 6.07) is 0. The lowest BCUT2D eigenvalue weighted by Gasteiger charge is -2.72. The number of ketones is 1. The molecule has 10 nitrogen and oxygen atoms in total. The number of carboxylic acids is 1. The van der Waals surface area contributed by atoms with Gasteiger partial charge in [-0.15, -0.1) is 0 Å². The Balaban J connectivity index is 1.08. The highest BCUT2D eigenvalue weighted by Gasteiger charge is 2.72. The van der Waals surface area contributed by atoms with Crippen molar-refractivity contribution in [3.63, 3.8) is 0 Å². The van der Waals surface area contributed by atoms with Crippen molar-refractivity contribution in [3.05, 3.63) is 34.4 Å². The van der Waals surface area contributed by atoms with E-state index in [9.17, 15) is 24.3 Å². The molecule has 1 aliphatic heterocycles. The number of carboxylic acid groups (broad SMARTS) is 1. The van der Waals surface area contributed by atoms with Gasteiger partial charge < -0.3 is 14.6 Å². The summed E-state index contributed by atoms with van der Waals surface area (Å²) >= 11 is 6.13. The van der Waals surface area contributed by atoms with E-state index in [4.69, 9.17) is 21.1 Å². The highest BCUT2D eigenvalue weighted by Crippen LogP contribution is 2.77. The molecule has 0 unspecified atom stereocenters. The number of carbonyl (C=O) groups excluding carboxylic acids is 3. The van der Waals surface area contributed by atoms with Crippen molar-refractivity contribution in [2.24, 2.45) is 56.2 Å². The lowest BCUT2D eigenvalue weighted by atomic mass is 9.33. The summed E-state index contributed by atoms with van der Waals surface area (Å²) in [6.07, 6.45) is 11.6. The highest BCUT2D eigenvalue weighted by molar-refractivity contribution is 6.30. The summed E-state index contributed by atoms with van der Waals surface area (Å²) in [4.78, 5) is 64.1. The first-order chi connectivity index (χ1) is 26.1. The molecule has 9 atom stereocenters. The number of ether oxygens (including phenoxy) is 2. The maximum atomic E-state index is 14.3. The van der Waals surface area contributed by atoms with E-state index in [1.54, 1.807) is 26.2 Å². The molecule has 1 saturated heterocycles. The molecule has 0 bridgehead atoms. The fraction of sp³-hybridized carbons (Fsp3) is 0.778. The molecule has 0 spiro atoms. The van der Waals surface area contributed by atoms with Crippen LogP contribution in [-0.4, -0.2) is 62.5 Å². The van der Waals surface area contributed by atoms with Gasteiger partial charge in [-0.2, -0.15) is 0 Å². The van der Waals surface area contributed by atoms with Crippen LogP contribution in [0, 0.1) is 56.2 Å². The summed E-state index contributed by atoms with van der Waals surface area (Å²) < 4.78 is 12.6. The SMILES string of the molecule is CC(C)C1=C2[C@H]3CC[C@@H]4[C@@]5(C)CC[C@H](OC(=O)CC(C)(C)C(=O)O)C(C)(C)[C@@H]5CC[C@@]4(C)[C@]3(C)CC[C@@]2([C@@H]2CN(C3(c4ncc(Cl)cn4)CC3)C(=O)O2)CC1=O. The smallest absolute Gasteiger partial charge is 0.411 e. The van der Waals surface area contributed by atoms with Crippen LogP contribution in [0.3, 0.4) is 0 Å². The number of fused-ring (bicyclic) bond motifs is 7. The van der Waals surface area contributed by atoms with Crippen molar-refractivity contribution in [3.8, 4) is 0 Å². The number of halogens is 1. The molecule has 1 N–H and O–H groups in total. The Morgan fingerprint density at radius 2 is 1.62 bits per heavy atom. The monoisotopic (exact) mass is 791 g/mol. The number of esters is 1. The van der Waals surface area contributed by atoms with Crippen LogP contribution in [0.2, 0.25) is 5.02 Å². The first kappa shape index (κ1) is 39.8. The number of hydrogen-bond acceptors (Lipinski definition) is 8. The Hall–Kier alpha value is -3.01. The number of amides is 1. The second-order valence-electron chi connectivity index (χ2n) is 21.3. The van der Waals surface area contributed by atoms with Crippen LogP contribution in [0.15, 0.2) is 23.5 Å². The zero-order chi connectivity index (χ0) is 40.6. The Kier molecular flexibility index (Phi) is 9.06. The number of allylic oxidation sites excluding steroid dienone is 1. The van der Waals surface area contributed by atoms with Crippen molar-refractivity contribution >= 4 is 35.4 Å². The van der Waals surface area contributed by atoms with Crippen molar-refractivity contribution in [1.82, 2.24) is 14.9 Å². The Bertz CT molecular complexity index is 1890. The predicted molar refractivity (Wildman–Crippen MR) is 210 cm³/mol. The number of aliphatic carboxylic acids is 1. The molecular formula is C45H62ClN3O7. The van der Waals surface area contributed by atoms with Crippen LogP contribution < -0.4 is 0 Å². The van der Waals surface area contributed by atoms with Gasteiger partial charge in [0.05, 0.1) is 23.4 Å². The molecule has 1 amide bonds. The van der Waals surface area contributed by atoms with Crippen LogP contribution in [0.5, 0.6) is 0 Å². The minimum absolute atomic E-state index is 0.0154. The van der Waals surface area contributed by atoms with Crippen LogP contribution in [0.25, 0.3) is 0 Å². The van der Waals surface area contributed by atoms with E-state index >= 15 is 0 Å². The van der Waals surface area contributed by atoms with E-state index in [-0.39, 0.29) is 57.9 Å².